The Labute approximate surface area is 174 Å². The maximum Gasteiger partial charge on any atom is 0.261 e. The van der Waals surface area contributed by atoms with Crippen molar-refractivity contribution in [2.75, 3.05) is 12.3 Å². The molecule has 0 aliphatic carbocycles. The molecule has 29 heavy (non-hydrogen) atoms. The highest BCUT2D eigenvalue weighted by Crippen LogP contribution is 2.26. The molecule has 5 nitrogen and oxygen atoms in total. The molecule has 0 saturated heterocycles. The van der Waals surface area contributed by atoms with E-state index in [0.717, 1.165) is 29.4 Å². The summed E-state index contributed by atoms with van der Waals surface area (Å²) in [7, 11) is 0. The summed E-state index contributed by atoms with van der Waals surface area (Å²) in [5.74, 6) is 0.526. The molecule has 2 aromatic carbocycles. The number of hydrogen-bond donors (Lipinski definition) is 0. The lowest BCUT2D eigenvalue weighted by Crippen LogP contribution is -2.30. The minimum absolute atomic E-state index is 0.177. The van der Waals surface area contributed by atoms with E-state index >= 15 is 0 Å². The molecule has 0 spiro atoms. The van der Waals surface area contributed by atoms with Crippen molar-refractivity contribution in [2.24, 2.45) is 0 Å². The fourth-order valence-electron chi connectivity index (χ4n) is 3.55. The number of benzene rings is 2. The lowest BCUT2D eigenvalue weighted by molar-refractivity contribution is 0.0652. The third kappa shape index (κ3) is 3.72. The number of aromatic nitrogens is 2. The summed E-state index contributed by atoms with van der Waals surface area (Å²) < 4.78 is 2.12. The van der Waals surface area contributed by atoms with Gasteiger partial charge in [0.2, 0.25) is 0 Å². The smallest absolute Gasteiger partial charge is 0.261 e. The molecular formula is C23H23N3O2S. The van der Waals surface area contributed by atoms with Gasteiger partial charge in [-0.1, -0.05) is 36.0 Å². The van der Waals surface area contributed by atoms with Gasteiger partial charge in [-0.25, -0.2) is 4.98 Å². The van der Waals surface area contributed by atoms with E-state index in [2.05, 4.69) is 41.6 Å². The predicted octanol–water partition coefficient (Wildman–Crippen LogP) is 4.66. The fraction of sp³-hybridized carbons (Fsp3) is 0.261. The van der Waals surface area contributed by atoms with E-state index in [9.17, 15) is 9.59 Å². The molecular weight excluding hydrogens is 382 g/mol. The normalized spacial score (nSPS) is 13.2. The van der Waals surface area contributed by atoms with Gasteiger partial charge in [-0.3, -0.25) is 19.1 Å². The second kappa shape index (κ2) is 8.25. The highest BCUT2D eigenvalue weighted by molar-refractivity contribution is 7.99. The number of rotatable bonds is 7. The van der Waals surface area contributed by atoms with Gasteiger partial charge < -0.3 is 0 Å². The zero-order valence-electron chi connectivity index (χ0n) is 16.6. The van der Waals surface area contributed by atoms with Crippen LogP contribution in [0.2, 0.25) is 0 Å². The number of carbonyl (C=O) groups excluding carboxylic acids is 2. The van der Waals surface area contributed by atoms with Crippen LogP contribution in [-0.2, 0) is 0 Å². The van der Waals surface area contributed by atoms with Crippen LogP contribution in [0.4, 0.5) is 0 Å². The van der Waals surface area contributed by atoms with Crippen molar-refractivity contribution < 1.29 is 9.59 Å². The van der Waals surface area contributed by atoms with Crippen LogP contribution in [0.25, 0.3) is 5.69 Å². The zero-order chi connectivity index (χ0) is 20.4. The first-order chi connectivity index (χ1) is 14.1. The molecule has 3 aromatic rings. The summed E-state index contributed by atoms with van der Waals surface area (Å²) in [6, 6.07) is 13.3. The number of thioether (sulfide) groups is 1. The third-order valence-electron chi connectivity index (χ3n) is 5.33. The van der Waals surface area contributed by atoms with Crippen LogP contribution in [0.3, 0.4) is 0 Å². The van der Waals surface area contributed by atoms with E-state index in [1.807, 2.05) is 12.4 Å². The maximum atomic E-state index is 12.4. The molecule has 1 aliphatic rings. The van der Waals surface area contributed by atoms with Gasteiger partial charge >= 0.3 is 0 Å². The number of imidazole rings is 1. The van der Waals surface area contributed by atoms with Crippen molar-refractivity contribution in [3.05, 3.63) is 77.1 Å². The molecule has 0 unspecified atom stereocenters. The molecule has 0 fully saturated rings. The summed E-state index contributed by atoms with van der Waals surface area (Å²) in [6.45, 7) is 4.70. The third-order valence-corrected chi connectivity index (χ3v) is 6.38. The second-order valence-electron chi connectivity index (χ2n) is 7.16. The van der Waals surface area contributed by atoms with Crippen LogP contribution in [0, 0.1) is 13.8 Å². The number of hydrogen-bond acceptors (Lipinski definition) is 4. The summed E-state index contributed by atoms with van der Waals surface area (Å²) in [4.78, 5) is 30.7. The molecule has 1 aromatic heterocycles. The average Bonchev–Trinajstić information content (AvgIpc) is 3.28. The number of aryl methyl sites for hydroxylation is 1. The molecule has 0 bridgehead atoms. The van der Waals surface area contributed by atoms with Crippen molar-refractivity contribution in [3.63, 3.8) is 0 Å². The first-order valence-corrected chi connectivity index (χ1v) is 10.7. The van der Waals surface area contributed by atoms with E-state index in [-0.39, 0.29) is 11.8 Å². The molecule has 0 saturated carbocycles. The summed E-state index contributed by atoms with van der Waals surface area (Å²) in [6.07, 6.45) is 5.49. The van der Waals surface area contributed by atoms with Crippen molar-refractivity contribution in [3.8, 4) is 5.69 Å². The molecule has 4 rings (SSSR count). The Morgan fingerprint density at radius 1 is 0.931 bits per heavy atom. The van der Waals surface area contributed by atoms with E-state index in [0.29, 0.717) is 17.7 Å². The molecule has 6 heteroatoms. The van der Waals surface area contributed by atoms with Gasteiger partial charge in [0.25, 0.3) is 11.8 Å². The van der Waals surface area contributed by atoms with E-state index in [1.165, 1.54) is 16.0 Å². The Bertz CT molecular complexity index is 1040. The van der Waals surface area contributed by atoms with Crippen LogP contribution >= 0.6 is 11.8 Å². The van der Waals surface area contributed by atoms with Gasteiger partial charge in [-0.2, -0.15) is 0 Å². The number of unbranched alkanes of at least 4 members (excludes halogenated alkanes) is 1. The van der Waals surface area contributed by atoms with Gasteiger partial charge in [0, 0.05) is 24.7 Å². The Hall–Kier alpha value is -2.86. The van der Waals surface area contributed by atoms with Gasteiger partial charge in [-0.15, -0.1) is 0 Å². The standard InChI is InChI=1S/C23H23N3O2S/c1-16-8-7-11-20(17(16)2)25-14-12-24-23(25)29-15-6-5-13-26-21(27)18-9-3-4-10-19(18)22(26)28/h3-4,7-12,14H,5-6,13,15H2,1-2H3. The van der Waals surface area contributed by atoms with Crippen molar-refractivity contribution in [1.82, 2.24) is 14.5 Å². The molecule has 1 aliphatic heterocycles. The Morgan fingerprint density at radius 3 is 2.38 bits per heavy atom. The summed E-state index contributed by atoms with van der Waals surface area (Å²) in [5.41, 5.74) is 4.69. The largest absolute Gasteiger partial charge is 0.295 e. The molecule has 0 N–H and O–H groups in total. The minimum Gasteiger partial charge on any atom is -0.295 e. The van der Waals surface area contributed by atoms with Crippen LogP contribution < -0.4 is 0 Å². The zero-order valence-corrected chi connectivity index (χ0v) is 17.4. The summed E-state index contributed by atoms with van der Waals surface area (Å²) >= 11 is 1.70. The van der Waals surface area contributed by atoms with Gasteiger partial charge in [-0.05, 0) is 56.0 Å². The number of carbonyl (C=O) groups is 2. The Kier molecular flexibility index (Phi) is 5.53. The van der Waals surface area contributed by atoms with E-state index in [4.69, 9.17) is 0 Å². The number of fused-ring (bicyclic) bond motifs is 1. The molecule has 148 valence electrons. The van der Waals surface area contributed by atoms with Gasteiger partial charge in [0.15, 0.2) is 5.16 Å². The van der Waals surface area contributed by atoms with Crippen molar-refractivity contribution in [1.29, 1.82) is 0 Å². The molecule has 0 atom stereocenters. The predicted molar refractivity (Wildman–Crippen MR) is 115 cm³/mol. The number of amides is 2. The monoisotopic (exact) mass is 405 g/mol. The highest BCUT2D eigenvalue weighted by Gasteiger charge is 2.34. The van der Waals surface area contributed by atoms with Crippen molar-refractivity contribution in [2.45, 2.75) is 31.8 Å². The average molecular weight is 406 g/mol. The lowest BCUT2D eigenvalue weighted by atomic mass is 10.1. The van der Waals surface area contributed by atoms with Crippen LogP contribution in [0.15, 0.2) is 60.0 Å². The number of nitrogens with zero attached hydrogens (tertiary/aromatic N) is 3. The Balaban J connectivity index is 1.32. The van der Waals surface area contributed by atoms with E-state index < -0.39 is 0 Å². The second-order valence-corrected chi connectivity index (χ2v) is 8.22. The first-order valence-electron chi connectivity index (χ1n) is 9.76. The molecule has 2 heterocycles. The first kappa shape index (κ1) is 19.5. The van der Waals surface area contributed by atoms with E-state index in [1.54, 1.807) is 36.0 Å². The van der Waals surface area contributed by atoms with Crippen LogP contribution in [0.1, 0.15) is 44.7 Å². The molecule has 0 radical (unpaired) electrons. The maximum absolute atomic E-state index is 12.4. The van der Waals surface area contributed by atoms with Crippen LogP contribution in [-0.4, -0.2) is 38.6 Å². The summed E-state index contributed by atoms with van der Waals surface area (Å²) in [5, 5.41) is 0.958. The molecule has 2 amide bonds. The lowest BCUT2D eigenvalue weighted by Gasteiger charge is -2.14. The Morgan fingerprint density at radius 2 is 1.66 bits per heavy atom. The van der Waals surface area contributed by atoms with Crippen LogP contribution in [0.5, 0.6) is 0 Å². The minimum atomic E-state index is -0.177. The van der Waals surface area contributed by atoms with Gasteiger partial charge in [0.05, 0.1) is 16.8 Å². The topological polar surface area (TPSA) is 55.2 Å². The van der Waals surface area contributed by atoms with Crippen molar-refractivity contribution >= 4 is 23.6 Å². The number of imide groups is 1. The quantitative estimate of drug-likeness (QED) is 0.326. The SMILES string of the molecule is Cc1cccc(-n2ccnc2SCCCCN2C(=O)c3ccccc3C2=O)c1C. The van der Waals surface area contributed by atoms with Gasteiger partial charge in [0.1, 0.15) is 0 Å². The highest BCUT2D eigenvalue weighted by atomic mass is 32.2. The fourth-order valence-corrected chi connectivity index (χ4v) is 4.52.